The first kappa shape index (κ1) is 18.9. The number of nitrogens with zero attached hydrogens (tertiary/aromatic N) is 2. The molecule has 146 valence electrons. The van der Waals surface area contributed by atoms with Gasteiger partial charge in [0.05, 0.1) is 12.5 Å². The Morgan fingerprint density at radius 3 is 2.45 bits per heavy atom. The minimum absolute atomic E-state index is 0.0348. The summed E-state index contributed by atoms with van der Waals surface area (Å²) in [5.41, 5.74) is 4.82. The first-order chi connectivity index (χ1) is 14.0. The Balaban J connectivity index is 1.59. The van der Waals surface area contributed by atoms with Crippen LogP contribution in [0.2, 0.25) is 0 Å². The van der Waals surface area contributed by atoms with Crippen LogP contribution in [0.5, 0.6) is 0 Å². The van der Waals surface area contributed by atoms with Crippen molar-refractivity contribution in [1.82, 2.24) is 9.88 Å². The van der Waals surface area contributed by atoms with Crippen LogP contribution in [0.4, 0.5) is 5.82 Å². The van der Waals surface area contributed by atoms with Crippen molar-refractivity contribution in [3.8, 4) is 0 Å². The number of pyridine rings is 1. The van der Waals surface area contributed by atoms with E-state index in [2.05, 4.69) is 10.3 Å². The number of hydrogen-bond acceptors (Lipinski definition) is 3. The standard InChI is InChI=1S/C24H23N3O2/c1-16-7-10-18(11-8-16)21(13-23(28)26-22-12-9-17(2)14-25-22)27-15-19-5-3-4-6-20(19)24(27)29/h3-12,14,21H,13,15H2,1-2H3,(H,25,26,28)/t21-/m1/s1. The van der Waals surface area contributed by atoms with E-state index in [4.69, 9.17) is 0 Å². The van der Waals surface area contributed by atoms with Crippen LogP contribution >= 0.6 is 0 Å². The summed E-state index contributed by atoms with van der Waals surface area (Å²) in [6.07, 6.45) is 1.88. The molecule has 0 saturated heterocycles. The summed E-state index contributed by atoms with van der Waals surface area (Å²) in [5.74, 6) is 0.308. The Bertz CT molecular complexity index is 1040. The number of nitrogens with one attached hydrogen (secondary N) is 1. The van der Waals surface area contributed by atoms with Gasteiger partial charge in [-0.25, -0.2) is 4.98 Å². The molecule has 29 heavy (non-hydrogen) atoms. The lowest BCUT2D eigenvalue weighted by atomic mass is 10.00. The van der Waals surface area contributed by atoms with E-state index in [-0.39, 0.29) is 24.3 Å². The van der Waals surface area contributed by atoms with E-state index in [1.807, 2.05) is 68.4 Å². The fraction of sp³-hybridized carbons (Fsp3) is 0.208. The zero-order valence-electron chi connectivity index (χ0n) is 16.6. The zero-order chi connectivity index (χ0) is 20.4. The molecule has 1 aliphatic rings. The number of carbonyl (C=O) groups excluding carboxylic acids is 2. The molecule has 0 saturated carbocycles. The van der Waals surface area contributed by atoms with Crippen LogP contribution in [0.15, 0.2) is 66.9 Å². The van der Waals surface area contributed by atoms with Crippen LogP contribution in [-0.2, 0) is 11.3 Å². The van der Waals surface area contributed by atoms with Gasteiger partial charge in [-0.1, -0.05) is 54.1 Å². The maximum Gasteiger partial charge on any atom is 0.255 e. The summed E-state index contributed by atoms with van der Waals surface area (Å²) in [7, 11) is 0. The van der Waals surface area contributed by atoms with Gasteiger partial charge in [-0.2, -0.15) is 0 Å². The molecule has 1 aromatic heterocycles. The Hall–Kier alpha value is -3.47. The first-order valence-corrected chi connectivity index (χ1v) is 9.69. The maximum atomic E-state index is 13.0. The van der Waals surface area contributed by atoms with Gasteiger partial charge in [0.15, 0.2) is 0 Å². The van der Waals surface area contributed by atoms with Crippen molar-refractivity contribution in [2.24, 2.45) is 0 Å². The van der Waals surface area contributed by atoms with Crippen LogP contribution in [0.25, 0.3) is 0 Å². The van der Waals surface area contributed by atoms with Gasteiger partial charge in [0.25, 0.3) is 5.91 Å². The third-order valence-corrected chi connectivity index (χ3v) is 5.25. The van der Waals surface area contributed by atoms with Gasteiger partial charge in [-0.15, -0.1) is 0 Å². The van der Waals surface area contributed by atoms with E-state index in [9.17, 15) is 9.59 Å². The molecule has 3 aromatic rings. The second-order valence-electron chi connectivity index (χ2n) is 7.49. The molecule has 0 radical (unpaired) electrons. The summed E-state index contributed by atoms with van der Waals surface area (Å²) in [6.45, 7) is 4.47. The maximum absolute atomic E-state index is 13.0. The number of fused-ring (bicyclic) bond motifs is 1. The molecule has 0 aliphatic carbocycles. The number of aromatic nitrogens is 1. The molecule has 0 unspecified atom stereocenters. The Kier molecular flexibility index (Phi) is 5.12. The van der Waals surface area contributed by atoms with E-state index in [1.54, 1.807) is 17.2 Å². The summed E-state index contributed by atoms with van der Waals surface area (Å²) < 4.78 is 0. The SMILES string of the molecule is Cc1ccc([C@@H](CC(=O)Nc2ccc(C)cn2)N2Cc3ccccc3C2=O)cc1. The van der Waals surface area contributed by atoms with Crippen molar-refractivity contribution in [3.63, 3.8) is 0 Å². The van der Waals surface area contributed by atoms with E-state index >= 15 is 0 Å². The molecule has 0 spiro atoms. The van der Waals surface area contributed by atoms with Crippen molar-refractivity contribution in [3.05, 3.63) is 94.7 Å². The van der Waals surface area contributed by atoms with Crippen molar-refractivity contribution in [1.29, 1.82) is 0 Å². The predicted octanol–water partition coefficient (Wildman–Crippen LogP) is 4.42. The average molecular weight is 385 g/mol. The second kappa shape index (κ2) is 7.87. The molecule has 5 heteroatoms. The van der Waals surface area contributed by atoms with Gasteiger partial charge in [-0.05, 0) is 42.7 Å². The Labute approximate surface area is 170 Å². The highest BCUT2D eigenvalue weighted by atomic mass is 16.2. The number of aryl methyl sites for hydroxylation is 2. The fourth-order valence-electron chi connectivity index (χ4n) is 3.64. The van der Waals surface area contributed by atoms with Crippen molar-refractivity contribution in [2.75, 3.05) is 5.32 Å². The molecule has 5 nitrogen and oxygen atoms in total. The second-order valence-corrected chi connectivity index (χ2v) is 7.49. The molecular weight excluding hydrogens is 362 g/mol. The minimum Gasteiger partial charge on any atom is -0.327 e. The van der Waals surface area contributed by atoms with Crippen LogP contribution in [0.1, 0.15) is 45.1 Å². The Morgan fingerprint density at radius 1 is 1.03 bits per heavy atom. The van der Waals surface area contributed by atoms with Crippen molar-refractivity contribution >= 4 is 17.6 Å². The summed E-state index contributed by atoms with van der Waals surface area (Å²) in [5, 5.41) is 2.85. The van der Waals surface area contributed by atoms with Crippen LogP contribution in [-0.4, -0.2) is 21.7 Å². The molecule has 1 atom stereocenters. The lowest BCUT2D eigenvalue weighted by Gasteiger charge is -2.28. The third-order valence-electron chi connectivity index (χ3n) is 5.25. The van der Waals surface area contributed by atoms with Gasteiger partial charge < -0.3 is 10.2 Å². The van der Waals surface area contributed by atoms with Gasteiger partial charge in [-0.3, -0.25) is 9.59 Å². The highest BCUT2D eigenvalue weighted by molar-refractivity contribution is 5.99. The number of amides is 2. The minimum atomic E-state index is -0.346. The normalized spacial score (nSPS) is 13.9. The van der Waals surface area contributed by atoms with Gasteiger partial charge >= 0.3 is 0 Å². The number of benzene rings is 2. The largest absolute Gasteiger partial charge is 0.327 e. The molecule has 2 amide bonds. The highest BCUT2D eigenvalue weighted by Crippen LogP contribution is 2.33. The monoisotopic (exact) mass is 385 g/mol. The molecule has 4 rings (SSSR count). The Morgan fingerprint density at radius 2 is 1.76 bits per heavy atom. The molecule has 2 heterocycles. The highest BCUT2D eigenvalue weighted by Gasteiger charge is 2.34. The number of anilines is 1. The first-order valence-electron chi connectivity index (χ1n) is 9.69. The molecule has 2 aromatic carbocycles. The van der Waals surface area contributed by atoms with Gasteiger partial charge in [0.1, 0.15) is 5.82 Å². The summed E-state index contributed by atoms with van der Waals surface area (Å²) in [6, 6.07) is 19.0. The summed E-state index contributed by atoms with van der Waals surface area (Å²) in [4.78, 5) is 31.9. The van der Waals surface area contributed by atoms with E-state index < -0.39 is 0 Å². The van der Waals surface area contributed by atoms with E-state index in [0.717, 1.165) is 22.3 Å². The number of carbonyl (C=O) groups is 2. The molecule has 0 fully saturated rings. The van der Waals surface area contributed by atoms with Crippen LogP contribution < -0.4 is 5.32 Å². The van der Waals surface area contributed by atoms with Crippen LogP contribution in [0.3, 0.4) is 0 Å². The van der Waals surface area contributed by atoms with Gasteiger partial charge in [0.2, 0.25) is 5.91 Å². The zero-order valence-corrected chi connectivity index (χ0v) is 16.6. The van der Waals surface area contributed by atoms with Gasteiger partial charge in [0, 0.05) is 18.3 Å². The summed E-state index contributed by atoms with van der Waals surface area (Å²) >= 11 is 0. The van der Waals surface area contributed by atoms with Crippen LogP contribution in [0, 0.1) is 13.8 Å². The lowest BCUT2D eigenvalue weighted by Crippen LogP contribution is -2.32. The van der Waals surface area contributed by atoms with E-state index in [0.29, 0.717) is 17.9 Å². The average Bonchev–Trinajstić information content (AvgIpc) is 3.05. The van der Waals surface area contributed by atoms with Crippen molar-refractivity contribution in [2.45, 2.75) is 32.9 Å². The number of rotatable bonds is 5. The third kappa shape index (κ3) is 4.04. The topological polar surface area (TPSA) is 62.3 Å². The smallest absolute Gasteiger partial charge is 0.255 e. The predicted molar refractivity (Wildman–Crippen MR) is 112 cm³/mol. The van der Waals surface area contributed by atoms with E-state index in [1.165, 1.54) is 0 Å². The fourth-order valence-corrected chi connectivity index (χ4v) is 3.64. The molecule has 1 aliphatic heterocycles. The molecular formula is C24H23N3O2. The quantitative estimate of drug-likeness (QED) is 0.707. The lowest BCUT2D eigenvalue weighted by molar-refractivity contribution is -0.117. The molecule has 1 N–H and O–H groups in total. The number of hydrogen-bond donors (Lipinski definition) is 1. The van der Waals surface area contributed by atoms with Crippen molar-refractivity contribution < 1.29 is 9.59 Å². The molecule has 0 bridgehead atoms.